The predicted octanol–water partition coefficient (Wildman–Crippen LogP) is 5.73. The van der Waals surface area contributed by atoms with Gasteiger partial charge >= 0.3 is 5.97 Å². The van der Waals surface area contributed by atoms with E-state index >= 15 is 0 Å². The highest BCUT2D eigenvalue weighted by Gasteiger charge is 2.63. The normalized spacial score (nSPS) is 22.3. The standard InChI is InChI=1S/C27H24Cl3N3O4/c1-4-37-24(35)22-23(31)33(14-6-7-16(29)17(30)10-14)19-11-26(2,3)12-20(34)21(19)27(22)15-9-13(28)5-8-18(15)32-25(27)36/h5-10H,4,11-12,31H2,1-3H3,(H,32,36). The van der Waals surface area contributed by atoms with Crippen molar-refractivity contribution in [2.75, 3.05) is 16.8 Å². The summed E-state index contributed by atoms with van der Waals surface area (Å²) in [6.45, 7) is 5.62. The van der Waals surface area contributed by atoms with Crippen molar-refractivity contribution in [2.24, 2.45) is 11.1 Å². The van der Waals surface area contributed by atoms with E-state index in [1.807, 2.05) is 13.8 Å². The number of hydrogen-bond donors (Lipinski definition) is 2. The number of esters is 1. The highest BCUT2D eigenvalue weighted by molar-refractivity contribution is 6.42. The van der Waals surface area contributed by atoms with Gasteiger partial charge in [-0.05, 0) is 55.2 Å². The summed E-state index contributed by atoms with van der Waals surface area (Å²) in [7, 11) is 0. The van der Waals surface area contributed by atoms with Gasteiger partial charge in [-0.2, -0.15) is 0 Å². The largest absolute Gasteiger partial charge is 0.462 e. The second-order valence-corrected chi connectivity index (χ2v) is 11.3. The third-order valence-corrected chi connectivity index (χ3v) is 7.96. The molecular weight excluding hydrogens is 537 g/mol. The van der Waals surface area contributed by atoms with Crippen LogP contribution in [0.5, 0.6) is 0 Å². The molecule has 2 aromatic rings. The van der Waals surface area contributed by atoms with Crippen molar-refractivity contribution in [1.82, 2.24) is 0 Å². The Balaban J connectivity index is 1.93. The third-order valence-electron chi connectivity index (χ3n) is 6.98. The molecule has 0 fully saturated rings. The molecule has 0 radical (unpaired) electrons. The number of anilines is 2. The van der Waals surface area contributed by atoms with Crippen LogP contribution in [0.4, 0.5) is 11.4 Å². The number of amides is 1. The zero-order valence-electron chi connectivity index (χ0n) is 20.4. The van der Waals surface area contributed by atoms with Gasteiger partial charge in [0.15, 0.2) is 5.78 Å². The summed E-state index contributed by atoms with van der Waals surface area (Å²) in [5.74, 6) is -1.68. The fourth-order valence-electron chi connectivity index (χ4n) is 5.63. The summed E-state index contributed by atoms with van der Waals surface area (Å²) >= 11 is 18.9. The maximum Gasteiger partial charge on any atom is 0.339 e. The lowest BCUT2D eigenvalue weighted by atomic mass is 9.60. The number of ketones is 1. The zero-order chi connectivity index (χ0) is 26.9. The molecule has 2 aliphatic heterocycles. The molecule has 2 heterocycles. The maximum atomic E-state index is 14.0. The van der Waals surface area contributed by atoms with Crippen molar-refractivity contribution in [3.05, 3.63) is 79.7 Å². The summed E-state index contributed by atoms with van der Waals surface area (Å²) in [5.41, 5.74) is 6.37. The second kappa shape index (κ2) is 8.79. The molecule has 1 aliphatic carbocycles. The number of allylic oxidation sites excluding steroid dienone is 1. The van der Waals surface area contributed by atoms with Crippen LogP contribution in [-0.2, 0) is 24.5 Å². The molecule has 0 aromatic heterocycles. The Morgan fingerprint density at radius 2 is 1.81 bits per heavy atom. The third kappa shape index (κ3) is 3.75. The highest BCUT2D eigenvalue weighted by atomic mass is 35.5. The van der Waals surface area contributed by atoms with Gasteiger partial charge < -0.3 is 15.8 Å². The summed E-state index contributed by atoms with van der Waals surface area (Å²) in [6.07, 6.45) is 0.567. The maximum absolute atomic E-state index is 14.0. The van der Waals surface area contributed by atoms with Gasteiger partial charge in [0, 0.05) is 39.7 Å². The van der Waals surface area contributed by atoms with Crippen LogP contribution >= 0.6 is 34.8 Å². The SMILES string of the molecule is CCOC(=O)C1=C(N)N(c2ccc(Cl)c(Cl)c2)C2=C(C(=O)CC(C)(C)C2)C12C(=O)Nc1ccc(Cl)cc12. The molecule has 37 heavy (non-hydrogen) atoms. The van der Waals surface area contributed by atoms with Crippen molar-refractivity contribution in [2.45, 2.75) is 39.0 Å². The number of nitrogens with zero attached hydrogens (tertiary/aromatic N) is 1. The lowest BCUT2D eigenvalue weighted by Crippen LogP contribution is -2.54. The second-order valence-electron chi connectivity index (χ2n) is 10.1. The van der Waals surface area contributed by atoms with Crippen LogP contribution in [0.25, 0.3) is 0 Å². The Morgan fingerprint density at radius 1 is 1.08 bits per heavy atom. The molecule has 0 saturated heterocycles. The minimum absolute atomic E-state index is 0.0371. The average Bonchev–Trinajstić information content (AvgIpc) is 3.06. The number of nitrogens with two attached hydrogens (primary N) is 1. The van der Waals surface area contributed by atoms with E-state index in [-0.39, 0.29) is 40.8 Å². The molecule has 7 nitrogen and oxygen atoms in total. The van der Waals surface area contributed by atoms with Crippen LogP contribution < -0.4 is 16.0 Å². The first-order valence-corrected chi connectivity index (χ1v) is 12.9. The van der Waals surface area contributed by atoms with E-state index in [0.29, 0.717) is 39.1 Å². The first-order valence-electron chi connectivity index (χ1n) is 11.7. The van der Waals surface area contributed by atoms with E-state index in [4.69, 9.17) is 45.3 Å². The highest BCUT2D eigenvalue weighted by Crippen LogP contribution is 2.57. The lowest BCUT2D eigenvalue weighted by Gasteiger charge is -2.47. The minimum atomic E-state index is -1.83. The molecule has 10 heteroatoms. The number of carbonyl (C=O) groups excluding carboxylic acids is 3. The number of nitrogens with one attached hydrogen (secondary N) is 1. The minimum Gasteiger partial charge on any atom is -0.462 e. The van der Waals surface area contributed by atoms with Gasteiger partial charge in [-0.3, -0.25) is 14.5 Å². The molecule has 192 valence electrons. The van der Waals surface area contributed by atoms with Crippen molar-refractivity contribution in [3.8, 4) is 0 Å². The van der Waals surface area contributed by atoms with E-state index in [1.54, 1.807) is 48.2 Å². The molecule has 5 rings (SSSR count). The predicted molar refractivity (Wildman–Crippen MR) is 144 cm³/mol. The van der Waals surface area contributed by atoms with Gasteiger partial charge in [-0.25, -0.2) is 4.79 Å². The van der Waals surface area contributed by atoms with Gasteiger partial charge in [0.2, 0.25) is 5.91 Å². The van der Waals surface area contributed by atoms with E-state index in [0.717, 1.165) is 0 Å². The van der Waals surface area contributed by atoms with Gasteiger partial charge in [0.05, 0.1) is 16.7 Å². The Kier molecular flexibility index (Phi) is 6.09. The van der Waals surface area contributed by atoms with Crippen molar-refractivity contribution < 1.29 is 19.1 Å². The van der Waals surface area contributed by atoms with Crippen LogP contribution in [0.3, 0.4) is 0 Å². The molecule has 3 aliphatic rings. The van der Waals surface area contributed by atoms with Crippen LogP contribution in [0.2, 0.25) is 15.1 Å². The Morgan fingerprint density at radius 3 is 2.49 bits per heavy atom. The summed E-state index contributed by atoms with van der Waals surface area (Å²) in [6, 6.07) is 9.77. The zero-order valence-corrected chi connectivity index (χ0v) is 22.6. The number of ether oxygens (including phenoxy) is 1. The van der Waals surface area contributed by atoms with Crippen molar-refractivity contribution in [1.29, 1.82) is 0 Å². The number of rotatable bonds is 3. The van der Waals surface area contributed by atoms with Crippen molar-refractivity contribution in [3.63, 3.8) is 0 Å². The van der Waals surface area contributed by atoms with E-state index in [2.05, 4.69) is 5.32 Å². The number of Topliss-reactive ketones (excluding diaryl/α,β-unsaturated/α-hetero) is 1. The van der Waals surface area contributed by atoms with E-state index in [9.17, 15) is 14.4 Å². The molecule has 0 saturated carbocycles. The number of hydrogen-bond acceptors (Lipinski definition) is 6. The summed E-state index contributed by atoms with van der Waals surface area (Å²) in [5, 5.41) is 3.78. The molecule has 3 N–H and O–H groups in total. The molecular formula is C27H24Cl3N3O4. The molecule has 1 unspecified atom stereocenters. The summed E-state index contributed by atoms with van der Waals surface area (Å²) in [4.78, 5) is 43.3. The van der Waals surface area contributed by atoms with Crippen LogP contribution in [0.15, 0.2) is 59.1 Å². The fourth-order valence-corrected chi connectivity index (χ4v) is 6.09. The number of benzene rings is 2. The molecule has 1 spiro atoms. The van der Waals surface area contributed by atoms with Gasteiger partial charge in [0.1, 0.15) is 16.8 Å². The molecule has 1 amide bonds. The van der Waals surface area contributed by atoms with Crippen molar-refractivity contribution >= 4 is 63.8 Å². The van der Waals surface area contributed by atoms with Crippen LogP contribution in [-0.4, -0.2) is 24.3 Å². The first kappa shape index (κ1) is 25.6. The molecule has 0 bridgehead atoms. The molecule has 2 aromatic carbocycles. The van der Waals surface area contributed by atoms with Crippen LogP contribution in [0.1, 0.15) is 39.2 Å². The average molecular weight is 561 g/mol. The smallest absolute Gasteiger partial charge is 0.339 e. The first-order chi connectivity index (χ1) is 17.4. The fraction of sp³-hybridized carbons (Fsp3) is 0.296. The summed E-state index contributed by atoms with van der Waals surface area (Å²) < 4.78 is 5.42. The number of carbonyl (C=O) groups is 3. The Labute approximate surface area is 229 Å². The Hall–Kier alpha value is -3.00. The van der Waals surface area contributed by atoms with Gasteiger partial charge in [-0.15, -0.1) is 0 Å². The van der Waals surface area contributed by atoms with E-state index < -0.39 is 22.7 Å². The van der Waals surface area contributed by atoms with Crippen LogP contribution in [0, 0.1) is 5.41 Å². The quantitative estimate of drug-likeness (QED) is 0.465. The topological polar surface area (TPSA) is 102 Å². The van der Waals surface area contributed by atoms with Gasteiger partial charge in [0.25, 0.3) is 0 Å². The monoisotopic (exact) mass is 559 g/mol. The lowest BCUT2D eigenvalue weighted by molar-refractivity contribution is -0.140. The number of halogens is 3. The Bertz CT molecular complexity index is 1460. The van der Waals surface area contributed by atoms with E-state index in [1.165, 1.54) is 0 Å². The number of fused-ring (bicyclic) bond motifs is 3. The van der Waals surface area contributed by atoms with Gasteiger partial charge in [-0.1, -0.05) is 48.7 Å². The molecule has 1 atom stereocenters.